The summed E-state index contributed by atoms with van der Waals surface area (Å²) >= 11 is 0. The average Bonchev–Trinajstić information content (AvgIpc) is 3.05. The minimum Gasteiger partial charge on any atom is -0.494 e. The van der Waals surface area contributed by atoms with Gasteiger partial charge in [-0.25, -0.2) is 4.79 Å². The monoisotopic (exact) mass is 386 g/mol. The predicted molar refractivity (Wildman–Crippen MR) is 108 cm³/mol. The fraction of sp³-hybridized carbons (Fsp3) is 0.0833. The molecule has 0 atom stereocenters. The first-order valence-electron chi connectivity index (χ1n) is 9.22. The van der Waals surface area contributed by atoms with E-state index in [0.29, 0.717) is 35.0 Å². The Hall–Kier alpha value is -3.86. The van der Waals surface area contributed by atoms with Gasteiger partial charge in [0.2, 0.25) is 5.78 Å². The summed E-state index contributed by atoms with van der Waals surface area (Å²) in [6.07, 6.45) is 1.66. The molecule has 0 spiro atoms. The molecule has 5 heteroatoms. The van der Waals surface area contributed by atoms with Crippen LogP contribution in [-0.2, 0) is 0 Å². The maximum absolute atomic E-state index is 12.5. The van der Waals surface area contributed by atoms with Crippen molar-refractivity contribution in [3.8, 4) is 17.2 Å². The van der Waals surface area contributed by atoms with Crippen molar-refractivity contribution in [2.24, 2.45) is 0 Å². The van der Waals surface area contributed by atoms with Crippen molar-refractivity contribution in [3.63, 3.8) is 0 Å². The molecule has 0 bridgehead atoms. The Bertz CT molecular complexity index is 1080. The highest BCUT2D eigenvalue weighted by atomic mass is 16.5. The first-order valence-corrected chi connectivity index (χ1v) is 9.22. The molecule has 4 rings (SSSR count). The molecule has 1 aliphatic rings. The summed E-state index contributed by atoms with van der Waals surface area (Å²) in [5.74, 6) is 1.20. The number of carbonyl (C=O) groups is 2. The quantitative estimate of drug-likeness (QED) is 0.354. The molecule has 0 amide bonds. The Balaban J connectivity index is 1.47. The van der Waals surface area contributed by atoms with E-state index in [-0.39, 0.29) is 11.5 Å². The number of carbonyl (C=O) groups excluding carboxylic acids is 2. The largest absolute Gasteiger partial charge is 0.494 e. The van der Waals surface area contributed by atoms with Crippen LogP contribution < -0.4 is 14.2 Å². The third-order valence-electron chi connectivity index (χ3n) is 4.35. The van der Waals surface area contributed by atoms with Crippen molar-refractivity contribution in [1.82, 2.24) is 0 Å². The van der Waals surface area contributed by atoms with Gasteiger partial charge < -0.3 is 14.2 Å². The highest BCUT2D eigenvalue weighted by Crippen LogP contribution is 2.35. The van der Waals surface area contributed by atoms with Crippen LogP contribution in [0.3, 0.4) is 0 Å². The van der Waals surface area contributed by atoms with Gasteiger partial charge in [-0.15, -0.1) is 0 Å². The van der Waals surface area contributed by atoms with Gasteiger partial charge in [-0.2, -0.15) is 0 Å². The van der Waals surface area contributed by atoms with E-state index in [0.717, 1.165) is 5.56 Å². The molecule has 0 unspecified atom stereocenters. The van der Waals surface area contributed by atoms with Crippen molar-refractivity contribution < 1.29 is 23.8 Å². The van der Waals surface area contributed by atoms with Crippen LogP contribution in [0.5, 0.6) is 17.2 Å². The van der Waals surface area contributed by atoms with Crippen molar-refractivity contribution in [2.75, 3.05) is 6.61 Å². The number of hydrogen-bond donors (Lipinski definition) is 0. The van der Waals surface area contributed by atoms with Crippen molar-refractivity contribution in [2.45, 2.75) is 6.92 Å². The number of ketones is 1. The number of benzene rings is 3. The summed E-state index contributed by atoms with van der Waals surface area (Å²) in [5.41, 5.74) is 1.74. The molecule has 29 heavy (non-hydrogen) atoms. The first-order chi connectivity index (χ1) is 14.1. The Morgan fingerprint density at radius 2 is 1.69 bits per heavy atom. The van der Waals surface area contributed by atoms with E-state index in [9.17, 15) is 9.59 Å². The van der Waals surface area contributed by atoms with Gasteiger partial charge in [-0.05, 0) is 55.0 Å². The predicted octanol–water partition coefficient (Wildman–Crippen LogP) is 4.92. The van der Waals surface area contributed by atoms with E-state index >= 15 is 0 Å². The highest BCUT2D eigenvalue weighted by Gasteiger charge is 2.27. The second-order valence-electron chi connectivity index (χ2n) is 6.36. The van der Waals surface area contributed by atoms with Gasteiger partial charge in [0.1, 0.15) is 17.2 Å². The molecule has 3 aromatic carbocycles. The summed E-state index contributed by atoms with van der Waals surface area (Å²) < 4.78 is 16.5. The summed E-state index contributed by atoms with van der Waals surface area (Å²) in [6.45, 7) is 2.43. The molecule has 0 N–H and O–H groups in total. The summed E-state index contributed by atoms with van der Waals surface area (Å²) in [6, 6.07) is 20.8. The summed E-state index contributed by atoms with van der Waals surface area (Å²) in [7, 11) is 0. The summed E-state index contributed by atoms with van der Waals surface area (Å²) in [5, 5.41) is 0. The van der Waals surface area contributed by atoms with Gasteiger partial charge in [-0.3, -0.25) is 4.79 Å². The maximum Gasteiger partial charge on any atom is 0.343 e. The van der Waals surface area contributed by atoms with E-state index < -0.39 is 5.97 Å². The summed E-state index contributed by atoms with van der Waals surface area (Å²) in [4.78, 5) is 24.6. The minimum atomic E-state index is -0.424. The van der Waals surface area contributed by atoms with Crippen molar-refractivity contribution in [3.05, 3.63) is 95.2 Å². The lowest BCUT2D eigenvalue weighted by molar-refractivity contribution is 0.0734. The average molecular weight is 386 g/mol. The van der Waals surface area contributed by atoms with Crippen LogP contribution in [0.2, 0.25) is 0 Å². The van der Waals surface area contributed by atoms with E-state index in [1.165, 1.54) is 0 Å². The van der Waals surface area contributed by atoms with E-state index in [4.69, 9.17) is 14.2 Å². The van der Waals surface area contributed by atoms with Crippen LogP contribution >= 0.6 is 0 Å². The lowest BCUT2D eigenvalue weighted by Gasteiger charge is -2.05. The number of esters is 1. The smallest absolute Gasteiger partial charge is 0.343 e. The normalized spacial score (nSPS) is 13.7. The standard InChI is InChI=1S/C24H18O5/c1-2-27-19-12-13-20-21(15-19)29-22(23(20)25)14-16-8-10-18(11-9-16)28-24(26)17-6-4-3-5-7-17/h3-15H,2H2,1H3/b22-14-. The zero-order chi connectivity index (χ0) is 20.2. The third-order valence-corrected chi connectivity index (χ3v) is 4.35. The third kappa shape index (κ3) is 4.04. The topological polar surface area (TPSA) is 61.8 Å². The van der Waals surface area contributed by atoms with Crippen molar-refractivity contribution >= 4 is 17.8 Å². The molecule has 1 aliphatic heterocycles. The van der Waals surface area contributed by atoms with Crippen molar-refractivity contribution in [1.29, 1.82) is 0 Å². The SMILES string of the molecule is CCOc1ccc2c(c1)O/C(=C\c1ccc(OC(=O)c3ccccc3)cc1)C2=O. The van der Waals surface area contributed by atoms with Gasteiger partial charge >= 0.3 is 5.97 Å². The van der Waals surface area contributed by atoms with Gasteiger partial charge in [0.25, 0.3) is 0 Å². The Morgan fingerprint density at radius 3 is 2.41 bits per heavy atom. The second kappa shape index (κ2) is 8.02. The fourth-order valence-electron chi connectivity index (χ4n) is 2.95. The molecule has 0 aliphatic carbocycles. The number of rotatable bonds is 5. The maximum atomic E-state index is 12.5. The van der Waals surface area contributed by atoms with Gasteiger partial charge in [0.05, 0.1) is 17.7 Å². The fourth-order valence-corrected chi connectivity index (χ4v) is 2.95. The Morgan fingerprint density at radius 1 is 0.966 bits per heavy atom. The van der Waals surface area contributed by atoms with E-state index in [1.807, 2.05) is 13.0 Å². The molecule has 144 valence electrons. The first kappa shape index (κ1) is 18.5. The second-order valence-corrected chi connectivity index (χ2v) is 6.36. The number of Topliss-reactive ketones (excluding diaryl/α,β-unsaturated/α-hetero) is 1. The number of fused-ring (bicyclic) bond motifs is 1. The molecule has 1 heterocycles. The molecule has 0 fully saturated rings. The zero-order valence-corrected chi connectivity index (χ0v) is 15.8. The van der Waals surface area contributed by atoms with Crippen LogP contribution in [0.1, 0.15) is 33.2 Å². The molecule has 0 aromatic heterocycles. The van der Waals surface area contributed by atoms with Crippen LogP contribution in [-0.4, -0.2) is 18.4 Å². The van der Waals surface area contributed by atoms with Crippen LogP contribution in [0.15, 0.2) is 78.6 Å². The highest BCUT2D eigenvalue weighted by molar-refractivity contribution is 6.14. The molecule has 3 aromatic rings. The number of allylic oxidation sites excluding steroid dienone is 1. The van der Waals surface area contributed by atoms with Gasteiger partial charge in [0, 0.05) is 6.07 Å². The van der Waals surface area contributed by atoms with E-state index in [2.05, 4.69) is 0 Å². The van der Waals surface area contributed by atoms with Crippen LogP contribution in [0.4, 0.5) is 0 Å². The minimum absolute atomic E-state index is 0.178. The Kier molecular flexibility index (Phi) is 5.12. The number of hydrogen-bond acceptors (Lipinski definition) is 5. The number of ether oxygens (including phenoxy) is 3. The van der Waals surface area contributed by atoms with Gasteiger partial charge in [0.15, 0.2) is 5.76 Å². The molecule has 5 nitrogen and oxygen atoms in total. The van der Waals surface area contributed by atoms with Crippen LogP contribution in [0, 0.1) is 0 Å². The lowest BCUT2D eigenvalue weighted by Crippen LogP contribution is -2.07. The van der Waals surface area contributed by atoms with Crippen LogP contribution in [0.25, 0.3) is 6.08 Å². The zero-order valence-electron chi connectivity index (χ0n) is 15.8. The van der Waals surface area contributed by atoms with Gasteiger partial charge in [-0.1, -0.05) is 30.3 Å². The molecular formula is C24H18O5. The van der Waals surface area contributed by atoms with E-state index in [1.54, 1.807) is 72.8 Å². The molecule has 0 radical (unpaired) electrons. The molecule has 0 saturated carbocycles. The molecule has 0 saturated heterocycles. The molecular weight excluding hydrogens is 368 g/mol. The Labute approximate surface area is 168 Å². The lowest BCUT2D eigenvalue weighted by atomic mass is 10.1.